The Morgan fingerprint density at radius 2 is 1.84 bits per heavy atom. The molecule has 3 heteroatoms. The van der Waals surface area contributed by atoms with Crippen molar-refractivity contribution in [3.05, 3.63) is 65.2 Å². The lowest BCUT2D eigenvalue weighted by atomic mass is 10.1. The highest BCUT2D eigenvalue weighted by Crippen LogP contribution is 2.14. The average molecular weight is 254 g/mol. The summed E-state index contributed by atoms with van der Waals surface area (Å²) >= 11 is 0. The van der Waals surface area contributed by atoms with Gasteiger partial charge in [-0.3, -0.25) is 4.79 Å². The van der Waals surface area contributed by atoms with Crippen LogP contribution in [0.1, 0.15) is 34.5 Å². The zero-order valence-corrected chi connectivity index (χ0v) is 11.2. The van der Waals surface area contributed by atoms with Crippen LogP contribution in [-0.2, 0) is 0 Å². The van der Waals surface area contributed by atoms with Crippen LogP contribution in [0.5, 0.6) is 0 Å². The second-order valence-electron chi connectivity index (χ2n) is 4.73. The minimum absolute atomic E-state index is 0.0328. The van der Waals surface area contributed by atoms with Crippen LogP contribution in [0.4, 0.5) is 5.69 Å². The van der Waals surface area contributed by atoms with E-state index in [2.05, 4.69) is 5.32 Å². The number of carbonyl (C=O) groups is 1. The largest absolute Gasteiger partial charge is 0.399 e. The molecule has 0 aliphatic rings. The van der Waals surface area contributed by atoms with Crippen LogP contribution in [0.15, 0.2) is 48.5 Å². The number of nitrogens with two attached hydrogens (primary N) is 1. The summed E-state index contributed by atoms with van der Waals surface area (Å²) in [5, 5.41) is 2.96. The van der Waals surface area contributed by atoms with Crippen molar-refractivity contribution in [3.8, 4) is 0 Å². The molecule has 3 N–H and O–H groups in total. The molecule has 0 saturated carbocycles. The Kier molecular flexibility index (Phi) is 3.85. The Morgan fingerprint density at radius 3 is 2.47 bits per heavy atom. The van der Waals surface area contributed by atoms with Crippen LogP contribution in [0, 0.1) is 6.92 Å². The van der Waals surface area contributed by atoms with Crippen LogP contribution < -0.4 is 11.1 Å². The molecule has 0 aromatic heterocycles. The van der Waals surface area contributed by atoms with Gasteiger partial charge in [0.1, 0.15) is 0 Å². The third-order valence-corrected chi connectivity index (χ3v) is 3.07. The molecule has 1 amide bonds. The quantitative estimate of drug-likeness (QED) is 0.827. The molecule has 0 fully saturated rings. The first-order valence-corrected chi connectivity index (χ1v) is 6.29. The molecule has 0 saturated heterocycles. The number of hydrogen-bond donors (Lipinski definition) is 2. The van der Waals surface area contributed by atoms with E-state index >= 15 is 0 Å². The Balaban J connectivity index is 2.08. The topological polar surface area (TPSA) is 55.1 Å². The number of aryl methyl sites for hydroxylation is 1. The maximum Gasteiger partial charge on any atom is 0.251 e. The zero-order chi connectivity index (χ0) is 13.8. The van der Waals surface area contributed by atoms with Crippen molar-refractivity contribution in [2.45, 2.75) is 19.9 Å². The van der Waals surface area contributed by atoms with Crippen molar-refractivity contribution < 1.29 is 4.79 Å². The predicted octanol–water partition coefficient (Wildman–Crippen LogP) is 3.07. The van der Waals surface area contributed by atoms with Gasteiger partial charge < -0.3 is 11.1 Å². The lowest BCUT2D eigenvalue weighted by Crippen LogP contribution is -2.26. The maximum atomic E-state index is 12.1. The van der Waals surface area contributed by atoms with E-state index in [0.29, 0.717) is 11.3 Å². The molecule has 0 bridgehead atoms. The number of anilines is 1. The smallest absolute Gasteiger partial charge is 0.251 e. The Morgan fingerprint density at radius 1 is 1.16 bits per heavy atom. The number of nitrogen functional groups attached to an aromatic ring is 1. The first kappa shape index (κ1) is 13.1. The molecule has 2 rings (SSSR count). The average Bonchev–Trinajstić information content (AvgIpc) is 2.39. The highest BCUT2D eigenvalue weighted by Gasteiger charge is 2.11. The predicted molar refractivity (Wildman–Crippen MR) is 77.9 cm³/mol. The van der Waals surface area contributed by atoms with Gasteiger partial charge in [-0.25, -0.2) is 0 Å². The summed E-state index contributed by atoms with van der Waals surface area (Å²) in [5.74, 6) is -0.111. The molecule has 0 spiro atoms. The second kappa shape index (κ2) is 5.57. The number of carbonyl (C=O) groups excluding carboxylic acids is 1. The van der Waals surface area contributed by atoms with E-state index in [-0.39, 0.29) is 11.9 Å². The summed E-state index contributed by atoms with van der Waals surface area (Å²) in [4.78, 5) is 12.1. The fraction of sp³-hybridized carbons (Fsp3) is 0.188. The van der Waals surface area contributed by atoms with E-state index in [1.165, 1.54) is 5.56 Å². The standard InChI is InChI=1S/C16H18N2O/c1-11-6-8-13(9-7-11)12(2)18-16(19)14-4-3-5-15(17)10-14/h3-10,12H,17H2,1-2H3,(H,18,19). The van der Waals surface area contributed by atoms with E-state index in [0.717, 1.165) is 5.56 Å². The molecule has 0 radical (unpaired) electrons. The third kappa shape index (κ3) is 3.35. The van der Waals surface area contributed by atoms with E-state index < -0.39 is 0 Å². The monoisotopic (exact) mass is 254 g/mol. The number of rotatable bonds is 3. The van der Waals surface area contributed by atoms with Crippen LogP contribution in [0.25, 0.3) is 0 Å². The molecule has 2 aromatic rings. The SMILES string of the molecule is Cc1ccc(C(C)NC(=O)c2cccc(N)c2)cc1. The van der Waals surface area contributed by atoms with E-state index in [4.69, 9.17) is 5.73 Å². The summed E-state index contributed by atoms with van der Waals surface area (Å²) in [6.07, 6.45) is 0. The molecular weight excluding hydrogens is 236 g/mol. The Bertz CT molecular complexity index is 576. The van der Waals surface area contributed by atoms with Gasteiger partial charge in [0.05, 0.1) is 6.04 Å². The minimum atomic E-state index is -0.111. The summed E-state index contributed by atoms with van der Waals surface area (Å²) in [6.45, 7) is 4.01. The second-order valence-corrected chi connectivity index (χ2v) is 4.73. The molecule has 2 aromatic carbocycles. The molecule has 1 atom stereocenters. The van der Waals surface area contributed by atoms with Crippen LogP contribution in [0.3, 0.4) is 0 Å². The summed E-state index contributed by atoms with van der Waals surface area (Å²) < 4.78 is 0. The maximum absolute atomic E-state index is 12.1. The fourth-order valence-electron chi connectivity index (χ4n) is 1.90. The van der Waals surface area contributed by atoms with E-state index in [9.17, 15) is 4.79 Å². The lowest BCUT2D eigenvalue weighted by Gasteiger charge is -2.14. The highest BCUT2D eigenvalue weighted by atomic mass is 16.1. The van der Waals surface area contributed by atoms with Crippen molar-refractivity contribution in [3.63, 3.8) is 0 Å². The van der Waals surface area contributed by atoms with Gasteiger partial charge >= 0.3 is 0 Å². The van der Waals surface area contributed by atoms with Gasteiger partial charge in [-0.05, 0) is 37.6 Å². The zero-order valence-electron chi connectivity index (χ0n) is 11.2. The Hall–Kier alpha value is -2.29. The molecule has 98 valence electrons. The van der Waals surface area contributed by atoms with E-state index in [1.807, 2.05) is 38.1 Å². The number of benzene rings is 2. The van der Waals surface area contributed by atoms with Gasteiger partial charge in [0.15, 0.2) is 0 Å². The van der Waals surface area contributed by atoms with Crippen molar-refractivity contribution in [2.24, 2.45) is 0 Å². The van der Waals surface area contributed by atoms with Crippen molar-refractivity contribution in [1.29, 1.82) is 0 Å². The summed E-state index contributed by atoms with van der Waals surface area (Å²) in [6, 6.07) is 15.1. The number of amides is 1. The molecule has 0 heterocycles. The molecule has 19 heavy (non-hydrogen) atoms. The summed E-state index contributed by atoms with van der Waals surface area (Å²) in [7, 11) is 0. The summed E-state index contributed by atoms with van der Waals surface area (Å²) in [5.41, 5.74) is 9.14. The van der Waals surface area contributed by atoms with Crippen molar-refractivity contribution >= 4 is 11.6 Å². The van der Waals surface area contributed by atoms with E-state index in [1.54, 1.807) is 24.3 Å². The molecule has 1 unspecified atom stereocenters. The van der Waals surface area contributed by atoms with Gasteiger partial charge in [-0.2, -0.15) is 0 Å². The van der Waals surface area contributed by atoms with Crippen LogP contribution in [-0.4, -0.2) is 5.91 Å². The first-order valence-electron chi connectivity index (χ1n) is 6.29. The molecule has 0 aliphatic heterocycles. The minimum Gasteiger partial charge on any atom is -0.399 e. The van der Waals surface area contributed by atoms with Crippen LogP contribution in [0.2, 0.25) is 0 Å². The van der Waals surface area contributed by atoms with Gasteiger partial charge in [0.2, 0.25) is 0 Å². The molecular formula is C16H18N2O. The van der Waals surface area contributed by atoms with Crippen molar-refractivity contribution in [2.75, 3.05) is 5.73 Å². The number of hydrogen-bond acceptors (Lipinski definition) is 2. The van der Waals surface area contributed by atoms with Crippen molar-refractivity contribution in [1.82, 2.24) is 5.32 Å². The highest BCUT2D eigenvalue weighted by molar-refractivity contribution is 5.95. The fourth-order valence-corrected chi connectivity index (χ4v) is 1.90. The Labute approximate surface area is 113 Å². The lowest BCUT2D eigenvalue weighted by molar-refractivity contribution is 0.0940. The molecule has 0 aliphatic carbocycles. The van der Waals surface area contributed by atoms with Crippen LogP contribution >= 0.6 is 0 Å². The first-order chi connectivity index (χ1) is 9.06. The third-order valence-electron chi connectivity index (χ3n) is 3.07. The molecule has 3 nitrogen and oxygen atoms in total. The van der Waals surface area contributed by atoms with Gasteiger partial charge in [0.25, 0.3) is 5.91 Å². The number of nitrogens with one attached hydrogen (secondary N) is 1. The van der Waals surface area contributed by atoms with Gasteiger partial charge in [-0.15, -0.1) is 0 Å². The van der Waals surface area contributed by atoms with Gasteiger partial charge in [0, 0.05) is 11.3 Å². The van der Waals surface area contributed by atoms with Gasteiger partial charge in [-0.1, -0.05) is 35.9 Å². The normalized spacial score (nSPS) is 11.9.